The van der Waals surface area contributed by atoms with Gasteiger partial charge < -0.3 is 5.11 Å². The van der Waals surface area contributed by atoms with E-state index in [0.717, 1.165) is 5.56 Å². The number of aromatic carboxylic acids is 1. The van der Waals surface area contributed by atoms with Crippen LogP contribution in [-0.4, -0.2) is 16.9 Å². The smallest absolute Gasteiger partial charge is 0.336 e. The van der Waals surface area contributed by atoms with Gasteiger partial charge in [-0.05, 0) is 17.5 Å². The summed E-state index contributed by atoms with van der Waals surface area (Å²) in [7, 11) is 0. The molecule has 0 fully saturated rings. The maximum atomic E-state index is 12.4. The monoisotopic (exact) mass is 268 g/mol. The van der Waals surface area contributed by atoms with Crippen molar-refractivity contribution in [3.05, 3.63) is 70.8 Å². The molecule has 0 heterocycles. The molecule has 0 aliphatic carbocycles. The van der Waals surface area contributed by atoms with E-state index in [1.807, 2.05) is 12.1 Å². The highest BCUT2D eigenvalue weighted by Crippen LogP contribution is 2.18. The lowest BCUT2D eigenvalue weighted by molar-refractivity contribution is 0.0693. The summed E-state index contributed by atoms with van der Waals surface area (Å²) in [6.07, 6.45) is 0. The summed E-state index contributed by atoms with van der Waals surface area (Å²) in [6, 6.07) is 13.6. The van der Waals surface area contributed by atoms with Crippen molar-refractivity contribution < 1.29 is 14.7 Å². The van der Waals surface area contributed by atoms with E-state index >= 15 is 0 Å². The van der Waals surface area contributed by atoms with E-state index in [0.29, 0.717) is 11.5 Å². The molecule has 2 rings (SSSR count). The molecule has 0 bridgehead atoms. The van der Waals surface area contributed by atoms with Crippen molar-refractivity contribution in [3.8, 4) is 0 Å². The summed E-state index contributed by atoms with van der Waals surface area (Å²) in [5, 5.41) is 9.13. The Hall–Kier alpha value is -2.42. The third-order valence-corrected chi connectivity index (χ3v) is 3.24. The number of ketones is 1. The first-order valence-electron chi connectivity index (χ1n) is 6.47. The Morgan fingerprint density at radius 1 is 0.900 bits per heavy atom. The Morgan fingerprint density at radius 2 is 1.45 bits per heavy atom. The van der Waals surface area contributed by atoms with Crippen LogP contribution >= 0.6 is 0 Å². The molecule has 0 amide bonds. The van der Waals surface area contributed by atoms with Crippen LogP contribution in [0.2, 0.25) is 0 Å². The van der Waals surface area contributed by atoms with Crippen LogP contribution in [0, 0.1) is 0 Å². The molecule has 0 radical (unpaired) electrons. The van der Waals surface area contributed by atoms with Crippen LogP contribution in [-0.2, 0) is 0 Å². The first-order valence-corrected chi connectivity index (χ1v) is 6.47. The third-order valence-electron chi connectivity index (χ3n) is 3.24. The van der Waals surface area contributed by atoms with Gasteiger partial charge in [-0.1, -0.05) is 56.3 Å². The lowest BCUT2D eigenvalue weighted by atomic mass is 9.96. The predicted molar refractivity (Wildman–Crippen MR) is 77.4 cm³/mol. The van der Waals surface area contributed by atoms with Crippen molar-refractivity contribution in [2.75, 3.05) is 0 Å². The molecule has 0 spiro atoms. The van der Waals surface area contributed by atoms with E-state index in [-0.39, 0.29) is 16.9 Å². The number of carbonyl (C=O) groups is 2. The Bertz CT molecular complexity index is 640. The van der Waals surface area contributed by atoms with Crippen LogP contribution in [0.4, 0.5) is 0 Å². The summed E-state index contributed by atoms with van der Waals surface area (Å²) >= 11 is 0. The molecule has 3 nitrogen and oxygen atoms in total. The first-order chi connectivity index (χ1) is 9.50. The summed E-state index contributed by atoms with van der Waals surface area (Å²) in [4.78, 5) is 23.5. The maximum Gasteiger partial charge on any atom is 0.336 e. The van der Waals surface area contributed by atoms with Gasteiger partial charge in [-0.2, -0.15) is 0 Å². The second-order valence-electron chi connectivity index (χ2n) is 4.96. The minimum absolute atomic E-state index is 0.0328. The number of benzene rings is 2. The molecule has 0 saturated carbocycles. The van der Waals surface area contributed by atoms with Crippen LogP contribution in [0.15, 0.2) is 48.5 Å². The standard InChI is InChI=1S/C17H16O3/c1-11(2)12-7-9-13(10-8-12)16(18)14-5-3-4-6-15(14)17(19)20/h3-11H,1-2H3,(H,19,20). The highest BCUT2D eigenvalue weighted by atomic mass is 16.4. The average Bonchev–Trinajstić information content (AvgIpc) is 2.46. The Morgan fingerprint density at radius 3 is 1.95 bits per heavy atom. The van der Waals surface area contributed by atoms with Crippen molar-refractivity contribution in [1.29, 1.82) is 0 Å². The van der Waals surface area contributed by atoms with Gasteiger partial charge >= 0.3 is 5.97 Å². The minimum atomic E-state index is -1.09. The Kier molecular flexibility index (Phi) is 3.99. The fourth-order valence-corrected chi connectivity index (χ4v) is 2.04. The van der Waals surface area contributed by atoms with E-state index in [4.69, 9.17) is 5.11 Å². The maximum absolute atomic E-state index is 12.4. The highest BCUT2D eigenvalue weighted by molar-refractivity contribution is 6.14. The largest absolute Gasteiger partial charge is 0.478 e. The van der Waals surface area contributed by atoms with Crippen LogP contribution in [0.1, 0.15) is 51.6 Å². The zero-order valence-electron chi connectivity index (χ0n) is 11.5. The van der Waals surface area contributed by atoms with Gasteiger partial charge in [0.1, 0.15) is 0 Å². The van der Waals surface area contributed by atoms with Crippen molar-refractivity contribution in [1.82, 2.24) is 0 Å². The van der Waals surface area contributed by atoms with Gasteiger partial charge in [-0.25, -0.2) is 4.79 Å². The van der Waals surface area contributed by atoms with Gasteiger partial charge in [0, 0.05) is 11.1 Å². The lowest BCUT2D eigenvalue weighted by Crippen LogP contribution is -2.09. The summed E-state index contributed by atoms with van der Waals surface area (Å²) in [5.74, 6) is -0.962. The molecule has 0 unspecified atom stereocenters. The van der Waals surface area contributed by atoms with Gasteiger partial charge in [0.05, 0.1) is 5.56 Å². The number of rotatable bonds is 4. The topological polar surface area (TPSA) is 54.4 Å². The van der Waals surface area contributed by atoms with Gasteiger partial charge in [-0.3, -0.25) is 4.79 Å². The molecule has 102 valence electrons. The molecular weight excluding hydrogens is 252 g/mol. The molecule has 0 aromatic heterocycles. The van der Waals surface area contributed by atoms with E-state index in [9.17, 15) is 9.59 Å². The van der Waals surface area contributed by atoms with E-state index in [2.05, 4.69) is 13.8 Å². The molecular formula is C17H16O3. The number of carboxylic acid groups (broad SMARTS) is 1. The normalized spacial score (nSPS) is 10.6. The molecule has 0 aliphatic heterocycles. The molecule has 1 N–H and O–H groups in total. The van der Waals surface area contributed by atoms with Gasteiger partial charge in [0.15, 0.2) is 5.78 Å². The first kappa shape index (κ1) is 14.0. The van der Waals surface area contributed by atoms with E-state index in [1.165, 1.54) is 6.07 Å². The zero-order chi connectivity index (χ0) is 14.7. The SMILES string of the molecule is CC(C)c1ccc(C(=O)c2ccccc2C(=O)O)cc1. The van der Waals surface area contributed by atoms with E-state index < -0.39 is 5.97 Å². The molecule has 0 aliphatic rings. The van der Waals surface area contributed by atoms with Crippen LogP contribution < -0.4 is 0 Å². The van der Waals surface area contributed by atoms with Crippen molar-refractivity contribution in [2.24, 2.45) is 0 Å². The number of hydrogen-bond acceptors (Lipinski definition) is 2. The minimum Gasteiger partial charge on any atom is -0.478 e. The number of hydrogen-bond donors (Lipinski definition) is 1. The van der Waals surface area contributed by atoms with Crippen molar-refractivity contribution in [2.45, 2.75) is 19.8 Å². The third kappa shape index (κ3) is 2.77. The number of carbonyl (C=O) groups excluding carboxylic acids is 1. The van der Waals surface area contributed by atoms with Crippen LogP contribution in [0.25, 0.3) is 0 Å². The number of carboxylic acids is 1. The summed E-state index contributed by atoms with van der Waals surface area (Å²) < 4.78 is 0. The molecule has 0 saturated heterocycles. The Balaban J connectivity index is 2.39. The molecule has 2 aromatic rings. The van der Waals surface area contributed by atoms with Crippen molar-refractivity contribution >= 4 is 11.8 Å². The Labute approximate surface area is 117 Å². The highest BCUT2D eigenvalue weighted by Gasteiger charge is 2.17. The second kappa shape index (κ2) is 5.70. The average molecular weight is 268 g/mol. The summed E-state index contributed by atoms with van der Waals surface area (Å²) in [5.41, 5.74) is 1.90. The van der Waals surface area contributed by atoms with Crippen molar-refractivity contribution in [3.63, 3.8) is 0 Å². The lowest BCUT2D eigenvalue weighted by Gasteiger charge is -2.08. The van der Waals surface area contributed by atoms with Gasteiger partial charge in [0.25, 0.3) is 0 Å². The fourth-order valence-electron chi connectivity index (χ4n) is 2.04. The second-order valence-corrected chi connectivity index (χ2v) is 4.96. The molecule has 3 heteroatoms. The molecule has 0 atom stereocenters. The zero-order valence-corrected chi connectivity index (χ0v) is 11.5. The quantitative estimate of drug-likeness (QED) is 0.859. The predicted octanol–water partition coefficient (Wildman–Crippen LogP) is 3.74. The summed E-state index contributed by atoms with van der Waals surface area (Å²) in [6.45, 7) is 4.16. The molecule has 2 aromatic carbocycles. The van der Waals surface area contributed by atoms with Crippen LogP contribution in [0.5, 0.6) is 0 Å². The van der Waals surface area contributed by atoms with Gasteiger partial charge in [0.2, 0.25) is 0 Å². The van der Waals surface area contributed by atoms with Crippen LogP contribution in [0.3, 0.4) is 0 Å². The molecule has 20 heavy (non-hydrogen) atoms. The fraction of sp³-hybridized carbons (Fsp3) is 0.176. The van der Waals surface area contributed by atoms with Gasteiger partial charge in [-0.15, -0.1) is 0 Å². The van der Waals surface area contributed by atoms with E-state index in [1.54, 1.807) is 30.3 Å².